The van der Waals surface area contributed by atoms with E-state index in [1.54, 1.807) is 7.11 Å². The first-order chi connectivity index (χ1) is 11.2. The minimum Gasteiger partial charge on any atom is -0.495 e. The van der Waals surface area contributed by atoms with Crippen molar-refractivity contribution < 1.29 is 9.53 Å². The number of hydrogen-bond acceptors (Lipinski definition) is 3. The Bertz CT molecular complexity index is 566. The highest BCUT2D eigenvalue weighted by molar-refractivity contribution is 8.01. The summed E-state index contributed by atoms with van der Waals surface area (Å²) < 4.78 is 5.70. The van der Waals surface area contributed by atoms with Crippen LogP contribution in [0, 0.1) is 17.8 Å². The van der Waals surface area contributed by atoms with Gasteiger partial charge in [-0.3, -0.25) is 4.79 Å². The normalized spacial score (nSPS) is 34.4. The predicted octanol–water partition coefficient (Wildman–Crippen LogP) is 4.34. The molecule has 4 fully saturated rings. The highest BCUT2D eigenvalue weighted by atomic mass is 32.2. The number of rotatable bonds is 5. The molecule has 0 unspecified atom stereocenters. The van der Waals surface area contributed by atoms with Gasteiger partial charge in [0.15, 0.2) is 0 Å². The zero-order valence-electron chi connectivity index (χ0n) is 13.7. The quantitative estimate of drug-likeness (QED) is 0.872. The molecule has 0 atom stereocenters. The van der Waals surface area contributed by atoms with Crippen molar-refractivity contribution in [1.29, 1.82) is 0 Å². The van der Waals surface area contributed by atoms with Crippen molar-refractivity contribution >= 4 is 23.4 Å². The fourth-order valence-corrected chi connectivity index (χ4v) is 6.93. The van der Waals surface area contributed by atoms with Crippen molar-refractivity contribution in [2.75, 3.05) is 18.2 Å². The predicted molar refractivity (Wildman–Crippen MR) is 95.0 cm³/mol. The molecular formula is C19H25NO2S. The highest BCUT2D eigenvalue weighted by Gasteiger charge is 2.51. The smallest absolute Gasteiger partial charge is 0.234 e. The highest BCUT2D eigenvalue weighted by Crippen LogP contribution is 2.60. The molecular weight excluding hydrogens is 306 g/mol. The van der Waals surface area contributed by atoms with Crippen LogP contribution in [0.1, 0.15) is 38.5 Å². The van der Waals surface area contributed by atoms with E-state index in [2.05, 4.69) is 5.32 Å². The summed E-state index contributed by atoms with van der Waals surface area (Å²) in [6.45, 7) is 0. The average Bonchev–Trinajstić information content (AvgIpc) is 2.52. The molecule has 0 aliphatic heterocycles. The summed E-state index contributed by atoms with van der Waals surface area (Å²) in [7, 11) is 1.63. The van der Waals surface area contributed by atoms with Gasteiger partial charge in [-0.15, -0.1) is 11.8 Å². The Kier molecular flexibility index (Phi) is 4.04. The summed E-state index contributed by atoms with van der Waals surface area (Å²) in [6, 6.07) is 7.61. The van der Waals surface area contributed by atoms with Gasteiger partial charge < -0.3 is 10.1 Å². The molecule has 4 aliphatic rings. The maximum absolute atomic E-state index is 12.4. The van der Waals surface area contributed by atoms with E-state index in [1.807, 2.05) is 36.0 Å². The molecule has 1 amide bonds. The molecule has 0 heterocycles. The third kappa shape index (κ3) is 3.10. The van der Waals surface area contributed by atoms with Gasteiger partial charge in [0, 0.05) is 4.75 Å². The van der Waals surface area contributed by atoms with Crippen LogP contribution >= 0.6 is 11.8 Å². The minimum atomic E-state index is 0.0928. The van der Waals surface area contributed by atoms with Gasteiger partial charge in [-0.25, -0.2) is 0 Å². The van der Waals surface area contributed by atoms with Crippen LogP contribution in [0.4, 0.5) is 5.69 Å². The molecule has 1 aromatic carbocycles. The number of carbonyl (C=O) groups is 1. The van der Waals surface area contributed by atoms with E-state index < -0.39 is 0 Å². The first-order valence-electron chi connectivity index (χ1n) is 8.73. The summed E-state index contributed by atoms with van der Waals surface area (Å²) >= 11 is 1.92. The molecule has 0 radical (unpaired) electrons. The van der Waals surface area contributed by atoms with Crippen molar-refractivity contribution in [2.45, 2.75) is 43.3 Å². The Hall–Kier alpha value is -1.16. The Morgan fingerprint density at radius 1 is 1.17 bits per heavy atom. The first-order valence-corrected chi connectivity index (χ1v) is 9.71. The second kappa shape index (κ2) is 6.04. The van der Waals surface area contributed by atoms with E-state index in [-0.39, 0.29) is 5.91 Å². The lowest BCUT2D eigenvalue weighted by Crippen LogP contribution is -2.49. The van der Waals surface area contributed by atoms with Gasteiger partial charge in [0.1, 0.15) is 5.75 Å². The fraction of sp³-hybridized carbons (Fsp3) is 0.632. The molecule has 1 N–H and O–H groups in total. The van der Waals surface area contributed by atoms with E-state index >= 15 is 0 Å². The summed E-state index contributed by atoms with van der Waals surface area (Å²) in [5.41, 5.74) is 0.770. The van der Waals surface area contributed by atoms with Crippen LogP contribution < -0.4 is 10.1 Å². The molecule has 1 aromatic rings. The molecule has 0 saturated heterocycles. The van der Waals surface area contributed by atoms with E-state index in [4.69, 9.17) is 4.74 Å². The van der Waals surface area contributed by atoms with E-state index in [1.165, 1.54) is 38.5 Å². The van der Waals surface area contributed by atoms with Crippen molar-refractivity contribution in [1.82, 2.24) is 0 Å². The number of hydrogen-bond donors (Lipinski definition) is 1. The molecule has 0 spiro atoms. The van der Waals surface area contributed by atoms with Crippen LogP contribution in [-0.2, 0) is 4.79 Å². The van der Waals surface area contributed by atoms with Gasteiger partial charge >= 0.3 is 0 Å². The van der Waals surface area contributed by atoms with Crippen LogP contribution in [0.25, 0.3) is 0 Å². The zero-order valence-corrected chi connectivity index (χ0v) is 14.5. The van der Waals surface area contributed by atoms with E-state index in [0.29, 0.717) is 10.5 Å². The summed E-state index contributed by atoms with van der Waals surface area (Å²) in [5.74, 6) is 4.18. The molecule has 0 aromatic heterocycles. The summed E-state index contributed by atoms with van der Waals surface area (Å²) in [6.07, 6.45) is 8.37. The molecule has 23 heavy (non-hydrogen) atoms. The van der Waals surface area contributed by atoms with Crippen LogP contribution in [0.15, 0.2) is 24.3 Å². The largest absolute Gasteiger partial charge is 0.495 e. The lowest BCUT2D eigenvalue weighted by molar-refractivity contribution is -0.113. The van der Waals surface area contributed by atoms with E-state index in [0.717, 1.165) is 29.2 Å². The van der Waals surface area contributed by atoms with Crippen molar-refractivity contribution in [2.24, 2.45) is 17.8 Å². The molecule has 3 nitrogen and oxygen atoms in total. The molecule has 5 rings (SSSR count). The third-order valence-electron chi connectivity index (χ3n) is 5.87. The number of nitrogens with one attached hydrogen (secondary N) is 1. The number of benzene rings is 1. The lowest BCUT2D eigenvalue weighted by atomic mass is 9.56. The van der Waals surface area contributed by atoms with Gasteiger partial charge in [-0.05, 0) is 68.4 Å². The van der Waals surface area contributed by atoms with Gasteiger partial charge in [0.2, 0.25) is 5.91 Å². The molecule has 4 bridgehead atoms. The Morgan fingerprint density at radius 3 is 2.39 bits per heavy atom. The number of methoxy groups -OCH3 is 1. The maximum atomic E-state index is 12.4. The first kappa shape index (κ1) is 15.4. The molecule has 124 valence electrons. The number of amides is 1. The fourth-order valence-electron chi connectivity index (χ4n) is 5.36. The van der Waals surface area contributed by atoms with Crippen molar-refractivity contribution in [3.05, 3.63) is 24.3 Å². The van der Waals surface area contributed by atoms with Crippen LogP contribution in [-0.4, -0.2) is 23.5 Å². The lowest BCUT2D eigenvalue weighted by Gasteiger charge is -2.56. The summed E-state index contributed by atoms with van der Waals surface area (Å²) in [4.78, 5) is 12.4. The molecule has 4 saturated carbocycles. The van der Waals surface area contributed by atoms with Crippen LogP contribution in [0.5, 0.6) is 5.75 Å². The second-order valence-electron chi connectivity index (χ2n) is 7.64. The Morgan fingerprint density at radius 2 is 1.78 bits per heavy atom. The number of para-hydroxylation sites is 2. The number of ether oxygens (including phenoxy) is 1. The average molecular weight is 331 g/mol. The molecule has 4 heteroatoms. The van der Waals surface area contributed by atoms with Crippen molar-refractivity contribution in [3.8, 4) is 5.75 Å². The maximum Gasteiger partial charge on any atom is 0.234 e. The number of thioether (sulfide) groups is 1. The van der Waals surface area contributed by atoms with Crippen LogP contribution in [0.3, 0.4) is 0 Å². The topological polar surface area (TPSA) is 38.3 Å². The zero-order chi connectivity index (χ0) is 15.9. The van der Waals surface area contributed by atoms with Crippen LogP contribution in [0.2, 0.25) is 0 Å². The van der Waals surface area contributed by atoms with Gasteiger partial charge in [-0.2, -0.15) is 0 Å². The Labute approximate surface area is 142 Å². The van der Waals surface area contributed by atoms with E-state index in [9.17, 15) is 4.79 Å². The number of carbonyl (C=O) groups excluding carboxylic acids is 1. The van der Waals surface area contributed by atoms with Gasteiger partial charge in [0.05, 0.1) is 18.6 Å². The SMILES string of the molecule is COc1ccccc1NC(=O)CSC12CC3CC(CC(C3)C1)C2. The van der Waals surface area contributed by atoms with Gasteiger partial charge in [0.25, 0.3) is 0 Å². The minimum absolute atomic E-state index is 0.0928. The molecule has 4 aliphatic carbocycles. The second-order valence-corrected chi connectivity index (χ2v) is 9.08. The standard InChI is InChI=1S/C19H25NO2S/c1-22-17-5-3-2-4-16(17)20-18(21)12-23-19-9-13-6-14(10-19)8-15(7-13)11-19/h2-5,13-15H,6-12H2,1H3,(H,20,21). The van der Waals surface area contributed by atoms with Gasteiger partial charge in [-0.1, -0.05) is 12.1 Å². The summed E-state index contributed by atoms with van der Waals surface area (Å²) in [5, 5.41) is 3.01. The Balaban J connectivity index is 1.37. The third-order valence-corrected chi connectivity index (χ3v) is 7.39. The number of anilines is 1. The van der Waals surface area contributed by atoms with Crippen molar-refractivity contribution in [3.63, 3.8) is 0 Å². The monoisotopic (exact) mass is 331 g/mol.